The first-order chi connectivity index (χ1) is 14.7. The zero-order valence-electron chi connectivity index (χ0n) is 16.7. The van der Waals surface area contributed by atoms with Crippen LogP contribution in [0.4, 0.5) is 5.69 Å². The van der Waals surface area contributed by atoms with Crippen LogP contribution in [0.25, 0.3) is 5.57 Å². The van der Waals surface area contributed by atoms with E-state index < -0.39 is 0 Å². The molecule has 1 saturated heterocycles. The summed E-state index contributed by atoms with van der Waals surface area (Å²) in [6.45, 7) is 0.950. The fourth-order valence-corrected chi connectivity index (χ4v) is 5.25. The van der Waals surface area contributed by atoms with E-state index in [1.165, 1.54) is 33.5 Å². The summed E-state index contributed by atoms with van der Waals surface area (Å²) in [5.41, 5.74) is 9.01. The molecule has 0 radical (unpaired) electrons. The van der Waals surface area contributed by atoms with E-state index in [2.05, 4.69) is 53.4 Å². The van der Waals surface area contributed by atoms with Gasteiger partial charge in [0.2, 0.25) is 0 Å². The molecule has 0 N–H and O–H groups in total. The molecule has 2 heterocycles. The van der Waals surface area contributed by atoms with Crippen molar-refractivity contribution in [3.8, 4) is 0 Å². The third-order valence-corrected chi connectivity index (χ3v) is 6.79. The third-order valence-electron chi connectivity index (χ3n) is 6.24. The maximum atomic E-state index is 6.35. The molecule has 0 bridgehead atoms. The molecule has 2 nitrogen and oxygen atoms in total. The third kappa shape index (κ3) is 3.57. The maximum Gasteiger partial charge on any atom is 0.0739 e. The van der Waals surface area contributed by atoms with Crippen molar-refractivity contribution in [2.45, 2.75) is 31.7 Å². The minimum Gasteiger partial charge on any atom is -0.364 e. The van der Waals surface area contributed by atoms with Gasteiger partial charge in [0.25, 0.3) is 0 Å². The molecule has 150 valence electrons. The Bertz CT molecular complexity index is 1120. The van der Waals surface area contributed by atoms with Crippen LogP contribution in [0.2, 0.25) is 5.02 Å². The van der Waals surface area contributed by atoms with Gasteiger partial charge in [0.1, 0.15) is 0 Å². The fourth-order valence-electron chi connectivity index (χ4n) is 4.81. The van der Waals surface area contributed by atoms with Crippen LogP contribution >= 0.6 is 23.8 Å². The fraction of sp³-hybridized carbons (Fsp3) is 0.231. The van der Waals surface area contributed by atoms with Crippen LogP contribution in [0.15, 0.2) is 72.4 Å². The van der Waals surface area contributed by atoms with Gasteiger partial charge in [-0.25, -0.2) is 0 Å². The molecule has 3 aromatic rings. The van der Waals surface area contributed by atoms with Gasteiger partial charge in [-0.1, -0.05) is 59.7 Å². The predicted octanol–water partition coefficient (Wildman–Crippen LogP) is 6.30. The Balaban J connectivity index is 1.63. The van der Waals surface area contributed by atoms with E-state index in [1.54, 1.807) is 0 Å². The van der Waals surface area contributed by atoms with E-state index in [4.69, 9.17) is 28.8 Å². The Morgan fingerprint density at radius 2 is 1.80 bits per heavy atom. The molecule has 1 aliphatic heterocycles. The summed E-state index contributed by atoms with van der Waals surface area (Å²) in [7, 11) is 0. The number of pyridine rings is 1. The van der Waals surface area contributed by atoms with E-state index in [9.17, 15) is 0 Å². The van der Waals surface area contributed by atoms with Gasteiger partial charge in [-0.3, -0.25) is 4.98 Å². The highest BCUT2D eigenvalue weighted by Gasteiger charge is 2.29. The molecule has 1 unspecified atom stereocenters. The molecule has 5 rings (SSSR count). The highest BCUT2D eigenvalue weighted by Crippen LogP contribution is 2.40. The van der Waals surface area contributed by atoms with Crippen LogP contribution in [0.1, 0.15) is 35.2 Å². The second-order valence-electron chi connectivity index (χ2n) is 7.98. The molecule has 0 saturated carbocycles. The molecule has 1 aromatic heterocycles. The van der Waals surface area contributed by atoms with Gasteiger partial charge in [0.15, 0.2) is 0 Å². The summed E-state index contributed by atoms with van der Waals surface area (Å²) in [5, 5.41) is 2.72. The van der Waals surface area contributed by atoms with Crippen molar-refractivity contribution < 1.29 is 0 Å². The number of benzene rings is 2. The van der Waals surface area contributed by atoms with Gasteiger partial charge < -0.3 is 4.90 Å². The van der Waals surface area contributed by atoms with Crippen molar-refractivity contribution in [3.05, 3.63) is 99.8 Å². The van der Waals surface area contributed by atoms with E-state index in [1.807, 2.05) is 23.7 Å². The second-order valence-corrected chi connectivity index (χ2v) is 8.69. The van der Waals surface area contributed by atoms with Crippen LogP contribution in [0, 0.1) is 0 Å². The van der Waals surface area contributed by atoms with Crippen LogP contribution in [0.5, 0.6) is 0 Å². The van der Waals surface area contributed by atoms with E-state index in [-0.39, 0.29) is 6.04 Å². The summed E-state index contributed by atoms with van der Waals surface area (Å²) in [5.74, 6) is 0. The highest BCUT2D eigenvalue weighted by atomic mass is 35.5. The average Bonchev–Trinajstić information content (AvgIpc) is 2.96. The smallest absolute Gasteiger partial charge is 0.0739 e. The lowest BCUT2D eigenvalue weighted by Crippen LogP contribution is -2.41. The van der Waals surface area contributed by atoms with Crippen molar-refractivity contribution >= 4 is 40.4 Å². The molecule has 1 aliphatic carbocycles. The lowest BCUT2D eigenvalue weighted by Gasteiger charge is -2.37. The lowest BCUT2D eigenvalue weighted by atomic mass is 9.86. The van der Waals surface area contributed by atoms with Gasteiger partial charge in [0.05, 0.1) is 11.7 Å². The Hall–Kier alpha value is -2.49. The first-order valence-electron chi connectivity index (χ1n) is 10.5. The Morgan fingerprint density at radius 3 is 2.63 bits per heavy atom. The SMILES string of the molecule is S=CC1CC(=C2c3ccc(Cl)cc3CCc3cccnc32)CCN1c1ccccc1. The highest BCUT2D eigenvalue weighted by molar-refractivity contribution is 7.79. The second kappa shape index (κ2) is 8.33. The summed E-state index contributed by atoms with van der Waals surface area (Å²) >= 11 is 11.8. The first kappa shape index (κ1) is 19.5. The molecule has 0 spiro atoms. The van der Waals surface area contributed by atoms with Crippen LogP contribution in [-0.2, 0) is 12.8 Å². The molecule has 2 aliphatic rings. The Kier molecular flexibility index (Phi) is 5.41. The van der Waals surface area contributed by atoms with Crippen LogP contribution in [0.3, 0.4) is 0 Å². The largest absolute Gasteiger partial charge is 0.364 e. The number of anilines is 1. The standard InChI is InChI=1S/C26H23ClN2S/c27-21-10-11-24-19(15-21)9-8-18-5-4-13-28-26(18)25(24)20-12-14-29(23(16-20)17-30)22-6-2-1-3-7-22/h1-7,10-11,13,15,17,23H,8-9,12,14,16H2. The monoisotopic (exact) mass is 430 g/mol. The van der Waals surface area contributed by atoms with E-state index in [0.717, 1.165) is 42.9 Å². The Labute approximate surface area is 188 Å². The minimum atomic E-state index is 0.199. The van der Waals surface area contributed by atoms with Crippen molar-refractivity contribution in [3.63, 3.8) is 0 Å². The molecular weight excluding hydrogens is 408 g/mol. The molecule has 1 fully saturated rings. The van der Waals surface area contributed by atoms with E-state index >= 15 is 0 Å². The predicted molar refractivity (Wildman–Crippen MR) is 130 cm³/mol. The first-order valence-corrected chi connectivity index (χ1v) is 11.3. The number of thiocarbonyl (C=S) groups is 1. The number of rotatable bonds is 2. The number of aryl methyl sites for hydroxylation is 2. The molecule has 1 atom stereocenters. The van der Waals surface area contributed by atoms with Crippen molar-refractivity contribution in [2.75, 3.05) is 11.4 Å². The minimum absolute atomic E-state index is 0.199. The number of fused-ring (bicyclic) bond motifs is 2. The molecular formula is C26H23ClN2S. The van der Waals surface area contributed by atoms with Crippen molar-refractivity contribution in [2.24, 2.45) is 0 Å². The van der Waals surface area contributed by atoms with Gasteiger partial charge in [0, 0.05) is 34.4 Å². The number of piperidine rings is 1. The van der Waals surface area contributed by atoms with Gasteiger partial charge in [-0.15, -0.1) is 0 Å². The topological polar surface area (TPSA) is 16.1 Å². The zero-order valence-corrected chi connectivity index (χ0v) is 18.3. The van der Waals surface area contributed by atoms with Gasteiger partial charge in [-0.05, 0) is 72.7 Å². The molecule has 4 heteroatoms. The summed E-state index contributed by atoms with van der Waals surface area (Å²) in [6, 6.07) is 21.4. The Morgan fingerprint density at radius 1 is 0.967 bits per heavy atom. The van der Waals surface area contributed by atoms with Crippen molar-refractivity contribution in [1.29, 1.82) is 0 Å². The molecule has 0 amide bonds. The van der Waals surface area contributed by atoms with Gasteiger partial charge >= 0.3 is 0 Å². The van der Waals surface area contributed by atoms with Gasteiger partial charge in [-0.2, -0.15) is 0 Å². The zero-order chi connectivity index (χ0) is 20.5. The number of hydrogen-bond acceptors (Lipinski definition) is 3. The quantitative estimate of drug-likeness (QED) is 0.443. The number of halogens is 1. The van der Waals surface area contributed by atoms with Crippen molar-refractivity contribution in [1.82, 2.24) is 4.98 Å². The van der Waals surface area contributed by atoms with Crippen LogP contribution < -0.4 is 4.90 Å². The molecule has 2 aromatic carbocycles. The number of nitrogens with zero attached hydrogens (tertiary/aromatic N) is 2. The number of aromatic nitrogens is 1. The summed E-state index contributed by atoms with van der Waals surface area (Å²) < 4.78 is 0. The normalized spacial score (nSPS) is 20.8. The lowest BCUT2D eigenvalue weighted by molar-refractivity contribution is 0.637. The number of hydrogen-bond donors (Lipinski definition) is 0. The van der Waals surface area contributed by atoms with E-state index in [0.29, 0.717) is 0 Å². The summed E-state index contributed by atoms with van der Waals surface area (Å²) in [4.78, 5) is 7.27. The molecule has 30 heavy (non-hydrogen) atoms. The maximum absolute atomic E-state index is 6.35. The van der Waals surface area contributed by atoms with Crippen LogP contribution in [-0.4, -0.2) is 22.9 Å². The number of para-hydroxylation sites is 1. The summed E-state index contributed by atoms with van der Waals surface area (Å²) in [6.07, 6.45) is 5.81. The average molecular weight is 431 g/mol.